The molecule has 28 heavy (non-hydrogen) atoms. The van der Waals surface area contributed by atoms with Crippen LogP contribution in [0.25, 0.3) is 5.69 Å². The number of halogens is 1. The summed E-state index contributed by atoms with van der Waals surface area (Å²) < 4.78 is 2.08. The minimum Gasteiger partial charge on any atom is -0.320 e. The Labute approximate surface area is 168 Å². The molecule has 3 rings (SSSR count). The molecule has 0 spiro atoms. The Morgan fingerprint density at radius 3 is 2.57 bits per heavy atom. The summed E-state index contributed by atoms with van der Waals surface area (Å²) in [4.78, 5) is 35.8. The van der Waals surface area contributed by atoms with E-state index in [4.69, 9.17) is 0 Å². The molecule has 0 bridgehead atoms. The first-order valence-electron chi connectivity index (χ1n) is 8.20. The van der Waals surface area contributed by atoms with Crippen molar-refractivity contribution in [3.63, 3.8) is 0 Å². The molecular formula is C19H15BrN4O4. The van der Waals surface area contributed by atoms with Gasteiger partial charge in [0.15, 0.2) is 5.69 Å². The first-order valence-corrected chi connectivity index (χ1v) is 8.99. The van der Waals surface area contributed by atoms with Crippen LogP contribution in [0.15, 0.2) is 57.8 Å². The Hall–Kier alpha value is -3.33. The number of carbonyl (C=O) groups excluding carboxylic acids is 1. The lowest BCUT2D eigenvalue weighted by Crippen LogP contribution is -2.27. The summed E-state index contributed by atoms with van der Waals surface area (Å²) in [5.74, 6) is -0.692. The molecule has 3 aromatic rings. The van der Waals surface area contributed by atoms with Crippen molar-refractivity contribution in [1.82, 2.24) is 9.78 Å². The third-order valence-corrected chi connectivity index (χ3v) is 4.56. The molecule has 0 atom stereocenters. The Balaban J connectivity index is 2.06. The van der Waals surface area contributed by atoms with E-state index in [1.807, 2.05) is 13.0 Å². The van der Waals surface area contributed by atoms with Gasteiger partial charge in [-0.15, -0.1) is 0 Å². The average molecular weight is 443 g/mol. The molecule has 0 unspecified atom stereocenters. The van der Waals surface area contributed by atoms with Crippen LogP contribution in [0.3, 0.4) is 0 Å². The van der Waals surface area contributed by atoms with Gasteiger partial charge in [0.1, 0.15) is 5.69 Å². The average Bonchev–Trinajstić information content (AvgIpc) is 2.64. The molecule has 0 radical (unpaired) electrons. The summed E-state index contributed by atoms with van der Waals surface area (Å²) in [5.41, 5.74) is 0.762. The molecule has 142 valence electrons. The highest BCUT2D eigenvalue weighted by Gasteiger charge is 2.20. The van der Waals surface area contributed by atoms with Crippen LogP contribution in [0.4, 0.5) is 11.4 Å². The SMILES string of the molecule is Cc1cc(Br)ccc1NC(=O)c1nn(-c2ccccc2[N+](=O)[O-])c(C)cc1=O. The Morgan fingerprint density at radius 1 is 1.18 bits per heavy atom. The van der Waals surface area contributed by atoms with Crippen LogP contribution < -0.4 is 10.7 Å². The standard InChI is InChI=1S/C19H15BrN4O4/c1-11-9-13(20)7-8-14(11)21-19(26)18-17(25)10-12(2)23(22-18)15-5-3-4-6-16(15)24(27)28/h3-10H,1-2H3,(H,21,26). The summed E-state index contributed by atoms with van der Waals surface area (Å²) in [7, 11) is 0. The van der Waals surface area contributed by atoms with Crippen LogP contribution in [-0.4, -0.2) is 20.6 Å². The van der Waals surface area contributed by atoms with E-state index in [9.17, 15) is 19.7 Å². The molecule has 9 heteroatoms. The van der Waals surface area contributed by atoms with Crippen molar-refractivity contribution in [2.75, 3.05) is 5.32 Å². The maximum absolute atomic E-state index is 12.7. The molecule has 0 aliphatic heterocycles. The van der Waals surface area contributed by atoms with Gasteiger partial charge in [-0.1, -0.05) is 28.1 Å². The maximum atomic E-state index is 12.7. The van der Waals surface area contributed by atoms with Gasteiger partial charge in [-0.2, -0.15) is 5.10 Å². The van der Waals surface area contributed by atoms with Gasteiger partial charge in [-0.05, 0) is 43.7 Å². The zero-order valence-electron chi connectivity index (χ0n) is 15.0. The monoisotopic (exact) mass is 442 g/mol. The molecule has 0 saturated carbocycles. The van der Waals surface area contributed by atoms with Crippen LogP contribution in [0, 0.1) is 24.0 Å². The molecule has 0 fully saturated rings. The minimum atomic E-state index is -0.692. The van der Waals surface area contributed by atoms with Crippen molar-refractivity contribution in [2.24, 2.45) is 0 Å². The third kappa shape index (κ3) is 3.84. The molecule has 0 aliphatic carbocycles. The molecule has 1 aromatic heterocycles. The lowest BCUT2D eigenvalue weighted by molar-refractivity contribution is -0.384. The number of carbonyl (C=O) groups is 1. The summed E-state index contributed by atoms with van der Waals surface area (Å²) in [6.07, 6.45) is 0. The number of hydrogen-bond donors (Lipinski definition) is 1. The number of benzene rings is 2. The lowest BCUT2D eigenvalue weighted by atomic mass is 10.2. The number of amides is 1. The Morgan fingerprint density at radius 2 is 1.89 bits per heavy atom. The van der Waals surface area contributed by atoms with Crippen LogP contribution >= 0.6 is 15.9 Å². The molecule has 8 nitrogen and oxygen atoms in total. The molecule has 1 N–H and O–H groups in total. The van der Waals surface area contributed by atoms with Crippen molar-refractivity contribution >= 4 is 33.2 Å². The molecular weight excluding hydrogens is 428 g/mol. The van der Waals surface area contributed by atoms with Crippen molar-refractivity contribution in [2.45, 2.75) is 13.8 Å². The fourth-order valence-corrected chi connectivity index (χ4v) is 3.17. The highest BCUT2D eigenvalue weighted by atomic mass is 79.9. The number of aromatic nitrogens is 2. The number of nitrogens with one attached hydrogen (secondary N) is 1. The topological polar surface area (TPSA) is 107 Å². The Bertz CT molecular complexity index is 1160. The van der Waals surface area contributed by atoms with Gasteiger partial charge in [0, 0.05) is 28.0 Å². The smallest absolute Gasteiger partial charge is 0.294 e. The molecule has 2 aromatic carbocycles. The second-order valence-electron chi connectivity index (χ2n) is 6.07. The zero-order valence-corrected chi connectivity index (χ0v) is 16.6. The van der Waals surface area contributed by atoms with Crippen molar-refractivity contribution in [3.8, 4) is 5.69 Å². The second-order valence-corrected chi connectivity index (χ2v) is 6.99. The largest absolute Gasteiger partial charge is 0.320 e. The number of nitro benzene ring substituents is 1. The van der Waals surface area contributed by atoms with E-state index < -0.39 is 16.3 Å². The van der Waals surface area contributed by atoms with Gasteiger partial charge in [-0.25, -0.2) is 4.68 Å². The highest BCUT2D eigenvalue weighted by molar-refractivity contribution is 9.10. The summed E-state index contributed by atoms with van der Waals surface area (Å²) in [5, 5.41) is 18.1. The van der Waals surface area contributed by atoms with Crippen molar-refractivity contribution < 1.29 is 9.72 Å². The fraction of sp³-hybridized carbons (Fsp3) is 0.105. The van der Waals surface area contributed by atoms with E-state index in [0.717, 1.165) is 10.0 Å². The van der Waals surface area contributed by atoms with Gasteiger partial charge >= 0.3 is 0 Å². The number of anilines is 1. The first kappa shape index (κ1) is 19.4. The first-order chi connectivity index (χ1) is 13.3. The van der Waals surface area contributed by atoms with Gasteiger partial charge in [0.05, 0.1) is 4.92 Å². The van der Waals surface area contributed by atoms with Gasteiger partial charge < -0.3 is 5.32 Å². The van der Waals surface area contributed by atoms with E-state index in [1.54, 1.807) is 25.1 Å². The number of nitro groups is 1. The second kappa shape index (κ2) is 7.73. The van der Waals surface area contributed by atoms with E-state index in [2.05, 4.69) is 26.3 Å². The summed E-state index contributed by atoms with van der Waals surface area (Å²) in [6.45, 7) is 3.40. The predicted octanol–water partition coefficient (Wildman–Crippen LogP) is 3.77. The number of para-hydroxylation sites is 2. The number of aryl methyl sites for hydroxylation is 2. The van der Waals surface area contributed by atoms with Crippen LogP contribution in [0.2, 0.25) is 0 Å². The third-order valence-electron chi connectivity index (χ3n) is 4.07. The summed E-state index contributed by atoms with van der Waals surface area (Å²) in [6, 6.07) is 12.5. The maximum Gasteiger partial charge on any atom is 0.294 e. The van der Waals surface area contributed by atoms with Crippen LogP contribution in [-0.2, 0) is 0 Å². The fourth-order valence-electron chi connectivity index (χ4n) is 2.70. The number of rotatable bonds is 4. The quantitative estimate of drug-likeness (QED) is 0.488. The number of nitrogens with zero attached hydrogens (tertiary/aromatic N) is 3. The van der Waals surface area contributed by atoms with E-state index in [-0.39, 0.29) is 17.1 Å². The van der Waals surface area contributed by atoms with Gasteiger partial charge in [0.25, 0.3) is 11.6 Å². The van der Waals surface area contributed by atoms with Crippen molar-refractivity contribution in [1.29, 1.82) is 0 Å². The molecule has 1 heterocycles. The summed E-state index contributed by atoms with van der Waals surface area (Å²) >= 11 is 3.35. The predicted molar refractivity (Wildman–Crippen MR) is 108 cm³/mol. The van der Waals surface area contributed by atoms with E-state index >= 15 is 0 Å². The number of hydrogen-bond acceptors (Lipinski definition) is 5. The lowest BCUT2D eigenvalue weighted by Gasteiger charge is -2.12. The van der Waals surface area contributed by atoms with Crippen LogP contribution in [0.5, 0.6) is 0 Å². The molecule has 1 amide bonds. The van der Waals surface area contributed by atoms with Gasteiger partial charge in [-0.3, -0.25) is 19.7 Å². The Kier molecular flexibility index (Phi) is 5.36. The zero-order chi connectivity index (χ0) is 20.4. The van der Waals surface area contributed by atoms with Crippen LogP contribution in [0.1, 0.15) is 21.7 Å². The normalized spacial score (nSPS) is 10.5. The molecule has 0 aliphatic rings. The minimum absolute atomic E-state index is 0.166. The van der Waals surface area contributed by atoms with Gasteiger partial charge in [0.2, 0.25) is 5.43 Å². The molecule has 0 saturated heterocycles. The van der Waals surface area contributed by atoms with E-state index in [1.165, 1.54) is 28.9 Å². The van der Waals surface area contributed by atoms with Crippen molar-refractivity contribution in [3.05, 3.63) is 90.3 Å². The van der Waals surface area contributed by atoms with E-state index in [0.29, 0.717) is 11.4 Å². The highest BCUT2D eigenvalue weighted by Crippen LogP contribution is 2.23.